The highest BCUT2D eigenvalue weighted by Crippen LogP contribution is 2.14. The van der Waals surface area contributed by atoms with Crippen LogP contribution >= 0.6 is 0 Å². The third-order valence-corrected chi connectivity index (χ3v) is 11.1. The predicted octanol–water partition coefficient (Wildman–Crippen LogP) is 17.6. The highest BCUT2D eigenvalue weighted by molar-refractivity contribution is 5.71. The van der Waals surface area contributed by atoms with E-state index in [1.165, 1.54) is 116 Å². The van der Waals surface area contributed by atoms with Crippen LogP contribution < -0.4 is 0 Å². The molecule has 1 atom stereocenters. The molecule has 0 bridgehead atoms. The second-order valence-corrected chi connectivity index (χ2v) is 17.4. The van der Waals surface area contributed by atoms with Crippen LogP contribution in [0.1, 0.15) is 245 Å². The fraction of sp³-hybridized carbons (Fsp3) is 0.707. The molecular weight excluding hydrogens is 793 g/mol. The molecule has 0 aliphatic heterocycles. The fourth-order valence-corrected chi connectivity index (χ4v) is 7.11. The van der Waals surface area contributed by atoms with Crippen LogP contribution in [0.4, 0.5) is 0 Å². The third kappa shape index (κ3) is 49.6. The Bertz CT molecular complexity index is 1250. The predicted molar refractivity (Wildman–Crippen MR) is 274 cm³/mol. The fourth-order valence-electron chi connectivity index (χ4n) is 7.11. The summed E-state index contributed by atoms with van der Waals surface area (Å²) in [4.78, 5) is 38.0. The normalized spacial score (nSPS) is 12.7. The Labute approximate surface area is 395 Å². The van der Waals surface area contributed by atoms with Gasteiger partial charge in [-0.3, -0.25) is 14.4 Å². The molecule has 0 unspecified atom stereocenters. The zero-order chi connectivity index (χ0) is 46.5. The van der Waals surface area contributed by atoms with Gasteiger partial charge in [0.15, 0.2) is 6.10 Å². The summed E-state index contributed by atoms with van der Waals surface area (Å²) in [5, 5.41) is 0. The lowest BCUT2D eigenvalue weighted by Crippen LogP contribution is -2.30. The first-order valence-electron chi connectivity index (χ1n) is 26.6. The van der Waals surface area contributed by atoms with E-state index in [0.29, 0.717) is 19.3 Å². The molecule has 0 amide bonds. The highest BCUT2D eigenvalue weighted by atomic mass is 16.6. The van der Waals surface area contributed by atoms with Gasteiger partial charge in [0.25, 0.3) is 0 Å². The number of rotatable bonds is 47. The van der Waals surface area contributed by atoms with Crippen LogP contribution in [-0.2, 0) is 28.6 Å². The van der Waals surface area contributed by atoms with Crippen LogP contribution in [0.5, 0.6) is 0 Å². The van der Waals surface area contributed by atoms with Gasteiger partial charge < -0.3 is 14.2 Å². The Balaban J connectivity index is 4.49. The minimum absolute atomic E-state index is 0.100. The minimum Gasteiger partial charge on any atom is -0.462 e. The zero-order valence-electron chi connectivity index (χ0n) is 41.8. The van der Waals surface area contributed by atoms with E-state index in [9.17, 15) is 14.4 Å². The largest absolute Gasteiger partial charge is 0.462 e. The van der Waals surface area contributed by atoms with Gasteiger partial charge in [-0.2, -0.15) is 0 Å². The first-order valence-corrected chi connectivity index (χ1v) is 26.6. The molecule has 0 aromatic heterocycles. The van der Waals surface area contributed by atoms with Gasteiger partial charge in [0.05, 0.1) is 0 Å². The molecule has 0 spiro atoms. The maximum absolute atomic E-state index is 12.8. The average Bonchev–Trinajstić information content (AvgIpc) is 3.29. The summed E-state index contributed by atoms with van der Waals surface area (Å²) in [5.41, 5.74) is 0. The summed E-state index contributed by atoms with van der Waals surface area (Å²) in [7, 11) is 0. The molecule has 0 fully saturated rings. The maximum Gasteiger partial charge on any atom is 0.306 e. The Hall–Kier alpha value is -3.41. The van der Waals surface area contributed by atoms with Crippen molar-refractivity contribution in [3.8, 4) is 0 Å². The SMILES string of the molecule is CC/C=C/C/C=C/C/C=C/C/C=C/C/C=C/CCCC(=O)OC[C@@H](COC(=O)CCCCCCC/C=C/CCCCCCC)OC(=O)CCCCCCCCC/C=C/CCCCCC. The lowest BCUT2D eigenvalue weighted by atomic mass is 10.1. The first kappa shape index (κ1) is 60.6. The number of unbranched alkanes of at least 4 members (excludes halogenated alkanes) is 22. The Kier molecular flexibility index (Phi) is 49.4. The molecule has 0 aliphatic rings. The van der Waals surface area contributed by atoms with E-state index < -0.39 is 6.10 Å². The summed E-state index contributed by atoms with van der Waals surface area (Å²) >= 11 is 0. The number of hydrogen-bond donors (Lipinski definition) is 0. The summed E-state index contributed by atoms with van der Waals surface area (Å²) < 4.78 is 16.8. The van der Waals surface area contributed by atoms with Crippen molar-refractivity contribution in [1.82, 2.24) is 0 Å². The minimum atomic E-state index is -0.804. The number of esters is 3. The highest BCUT2D eigenvalue weighted by Gasteiger charge is 2.19. The average molecular weight is 891 g/mol. The van der Waals surface area contributed by atoms with Gasteiger partial charge in [-0.15, -0.1) is 0 Å². The van der Waals surface area contributed by atoms with Crippen molar-refractivity contribution in [3.05, 3.63) is 85.1 Å². The topological polar surface area (TPSA) is 78.9 Å². The molecule has 0 heterocycles. The zero-order valence-corrected chi connectivity index (χ0v) is 41.8. The Morgan fingerprint density at radius 3 is 1.05 bits per heavy atom. The standard InChI is InChI=1S/C58H98O6/c1-4-7-10-13-16-19-22-25-28-29-31-33-36-39-42-45-48-51-57(60)63-54-55(53-62-56(59)50-47-44-41-38-35-32-27-24-21-18-15-12-9-6-3)64-58(61)52-49-46-43-40-37-34-30-26-23-20-17-14-11-8-5-2/h7,10,16,19-20,23-25,27-28,31,33,39,42,55H,4-6,8-9,11-15,17-18,21-22,26,29-30,32,34-38,40-41,43-54H2,1-3H3/b10-7+,19-16+,23-20+,27-24+,28-25+,33-31+,42-39+/t55-/m1/s1. The van der Waals surface area contributed by atoms with Crippen molar-refractivity contribution in [2.45, 2.75) is 252 Å². The molecule has 0 saturated heterocycles. The maximum atomic E-state index is 12.8. The first-order chi connectivity index (χ1) is 31.5. The van der Waals surface area contributed by atoms with Crippen molar-refractivity contribution in [1.29, 1.82) is 0 Å². The van der Waals surface area contributed by atoms with Crippen molar-refractivity contribution < 1.29 is 28.6 Å². The van der Waals surface area contributed by atoms with Crippen molar-refractivity contribution in [3.63, 3.8) is 0 Å². The van der Waals surface area contributed by atoms with Gasteiger partial charge in [0, 0.05) is 19.3 Å². The molecule has 64 heavy (non-hydrogen) atoms. The molecule has 0 saturated carbocycles. The van der Waals surface area contributed by atoms with Crippen LogP contribution in [0, 0.1) is 0 Å². The molecule has 0 aromatic carbocycles. The summed E-state index contributed by atoms with van der Waals surface area (Å²) in [6.07, 6.45) is 67.1. The molecule has 6 nitrogen and oxygen atoms in total. The van der Waals surface area contributed by atoms with Crippen LogP contribution in [0.2, 0.25) is 0 Å². The van der Waals surface area contributed by atoms with Crippen LogP contribution in [0.3, 0.4) is 0 Å². The van der Waals surface area contributed by atoms with E-state index in [0.717, 1.165) is 83.5 Å². The van der Waals surface area contributed by atoms with E-state index >= 15 is 0 Å². The summed E-state index contributed by atoms with van der Waals surface area (Å²) in [5.74, 6) is -0.973. The molecular formula is C58H98O6. The van der Waals surface area contributed by atoms with Gasteiger partial charge in [0.1, 0.15) is 13.2 Å². The van der Waals surface area contributed by atoms with E-state index in [-0.39, 0.29) is 37.5 Å². The smallest absolute Gasteiger partial charge is 0.306 e. The molecule has 6 heteroatoms. The van der Waals surface area contributed by atoms with Crippen molar-refractivity contribution in [2.24, 2.45) is 0 Å². The monoisotopic (exact) mass is 891 g/mol. The van der Waals surface area contributed by atoms with E-state index in [1.807, 2.05) is 0 Å². The van der Waals surface area contributed by atoms with Crippen LogP contribution in [-0.4, -0.2) is 37.2 Å². The van der Waals surface area contributed by atoms with Gasteiger partial charge in [-0.05, 0) is 109 Å². The molecule has 0 aromatic rings. The van der Waals surface area contributed by atoms with Crippen LogP contribution in [0.15, 0.2) is 85.1 Å². The molecule has 0 N–H and O–H groups in total. The Morgan fingerprint density at radius 2 is 0.625 bits per heavy atom. The van der Waals surface area contributed by atoms with Gasteiger partial charge >= 0.3 is 17.9 Å². The number of carbonyl (C=O) groups is 3. The lowest BCUT2D eigenvalue weighted by Gasteiger charge is -2.18. The lowest BCUT2D eigenvalue weighted by molar-refractivity contribution is -0.167. The molecule has 366 valence electrons. The van der Waals surface area contributed by atoms with E-state index in [1.54, 1.807) is 0 Å². The van der Waals surface area contributed by atoms with Gasteiger partial charge in [-0.1, -0.05) is 202 Å². The number of hydrogen-bond acceptors (Lipinski definition) is 6. The quantitative estimate of drug-likeness (QED) is 0.0262. The van der Waals surface area contributed by atoms with Gasteiger partial charge in [0.2, 0.25) is 0 Å². The van der Waals surface area contributed by atoms with Gasteiger partial charge in [-0.25, -0.2) is 0 Å². The second kappa shape index (κ2) is 52.2. The number of carbonyl (C=O) groups excluding carboxylic acids is 3. The van der Waals surface area contributed by atoms with Crippen LogP contribution in [0.25, 0.3) is 0 Å². The molecule has 0 aliphatic carbocycles. The molecule has 0 rings (SSSR count). The summed E-state index contributed by atoms with van der Waals surface area (Å²) in [6.45, 7) is 6.44. The van der Waals surface area contributed by atoms with E-state index in [4.69, 9.17) is 14.2 Å². The number of allylic oxidation sites excluding steroid dienone is 14. The Morgan fingerprint density at radius 1 is 0.328 bits per heavy atom. The molecule has 0 radical (unpaired) electrons. The summed E-state index contributed by atoms with van der Waals surface area (Å²) in [6, 6.07) is 0. The third-order valence-electron chi connectivity index (χ3n) is 11.1. The van der Waals surface area contributed by atoms with Crippen molar-refractivity contribution >= 4 is 17.9 Å². The van der Waals surface area contributed by atoms with E-state index in [2.05, 4.69) is 106 Å². The second-order valence-electron chi connectivity index (χ2n) is 17.4. The van der Waals surface area contributed by atoms with Crippen molar-refractivity contribution in [2.75, 3.05) is 13.2 Å². The number of ether oxygens (including phenoxy) is 3.